The van der Waals surface area contributed by atoms with Crippen LogP contribution in [0.25, 0.3) is 0 Å². The Bertz CT molecular complexity index is 395. The molecule has 0 radical (unpaired) electrons. The molecule has 0 bridgehead atoms. The van der Waals surface area contributed by atoms with Crippen molar-refractivity contribution in [3.63, 3.8) is 0 Å². The Morgan fingerprint density at radius 2 is 2.33 bits per heavy atom. The predicted molar refractivity (Wildman–Crippen MR) is 69.7 cm³/mol. The number of hydrogen-bond donors (Lipinski definition) is 1. The van der Waals surface area contributed by atoms with E-state index in [0.717, 1.165) is 31.6 Å². The van der Waals surface area contributed by atoms with E-state index in [1.807, 2.05) is 25.4 Å². The summed E-state index contributed by atoms with van der Waals surface area (Å²) in [7, 11) is 1.85. The van der Waals surface area contributed by atoms with Gasteiger partial charge in [-0.15, -0.1) is 0 Å². The molecular formula is C13H20N4O. The fourth-order valence-corrected chi connectivity index (χ4v) is 2.35. The first-order valence-electron chi connectivity index (χ1n) is 6.30. The number of pyridine rings is 1. The van der Waals surface area contributed by atoms with Gasteiger partial charge in [0.1, 0.15) is 6.04 Å². The van der Waals surface area contributed by atoms with Gasteiger partial charge in [-0.3, -0.25) is 14.7 Å². The fourth-order valence-electron chi connectivity index (χ4n) is 2.35. The van der Waals surface area contributed by atoms with Gasteiger partial charge in [-0.05, 0) is 18.1 Å². The van der Waals surface area contributed by atoms with Gasteiger partial charge < -0.3 is 10.6 Å². The first kappa shape index (κ1) is 13.0. The molecule has 1 saturated heterocycles. The van der Waals surface area contributed by atoms with E-state index in [0.29, 0.717) is 6.54 Å². The number of amides is 1. The van der Waals surface area contributed by atoms with E-state index in [9.17, 15) is 4.79 Å². The third-order valence-electron chi connectivity index (χ3n) is 3.37. The summed E-state index contributed by atoms with van der Waals surface area (Å²) in [6, 6.07) is 3.73. The van der Waals surface area contributed by atoms with E-state index >= 15 is 0 Å². The maximum Gasteiger partial charge on any atom is 0.240 e. The van der Waals surface area contributed by atoms with E-state index in [-0.39, 0.29) is 11.9 Å². The highest BCUT2D eigenvalue weighted by Crippen LogP contribution is 2.13. The molecule has 2 heterocycles. The van der Waals surface area contributed by atoms with Crippen LogP contribution in [0.4, 0.5) is 0 Å². The smallest absolute Gasteiger partial charge is 0.240 e. The minimum atomic E-state index is -0.210. The second-order valence-electron chi connectivity index (χ2n) is 4.70. The van der Waals surface area contributed by atoms with Crippen LogP contribution in [0.3, 0.4) is 0 Å². The van der Waals surface area contributed by atoms with Crippen molar-refractivity contribution in [3.05, 3.63) is 30.1 Å². The van der Waals surface area contributed by atoms with Gasteiger partial charge in [0.25, 0.3) is 0 Å². The molecule has 5 nitrogen and oxygen atoms in total. The Hall–Kier alpha value is -1.46. The third-order valence-corrected chi connectivity index (χ3v) is 3.37. The molecule has 1 fully saturated rings. The number of hydrogen-bond acceptors (Lipinski definition) is 4. The molecular weight excluding hydrogens is 228 g/mol. The number of nitrogens with zero attached hydrogens (tertiary/aromatic N) is 3. The molecule has 2 N–H and O–H groups in total. The predicted octanol–water partition coefficient (Wildman–Crippen LogP) is 0.0730. The second kappa shape index (κ2) is 5.93. The topological polar surface area (TPSA) is 62.5 Å². The van der Waals surface area contributed by atoms with Crippen LogP contribution in [0.5, 0.6) is 0 Å². The first-order chi connectivity index (χ1) is 8.72. The van der Waals surface area contributed by atoms with Gasteiger partial charge in [-0.1, -0.05) is 6.07 Å². The number of carbonyl (C=O) groups is 1. The average Bonchev–Trinajstić information content (AvgIpc) is 2.51. The zero-order chi connectivity index (χ0) is 13.0. The molecule has 1 aliphatic heterocycles. The lowest BCUT2D eigenvalue weighted by molar-refractivity contribution is -0.133. The summed E-state index contributed by atoms with van der Waals surface area (Å²) in [5.74, 6) is 0.124. The van der Waals surface area contributed by atoms with Crippen LogP contribution >= 0.6 is 0 Å². The van der Waals surface area contributed by atoms with Crippen molar-refractivity contribution in [3.8, 4) is 0 Å². The third kappa shape index (κ3) is 2.86. The van der Waals surface area contributed by atoms with E-state index < -0.39 is 0 Å². The summed E-state index contributed by atoms with van der Waals surface area (Å²) in [6.07, 6.45) is 4.58. The maximum atomic E-state index is 12.2. The molecule has 1 amide bonds. The highest BCUT2D eigenvalue weighted by molar-refractivity contribution is 5.82. The molecule has 2 rings (SSSR count). The molecule has 5 heteroatoms. The van der Waals surface area contributed by atoms with Crippen LogP contribution in [-0.2, 0) is 11.3 Å². The van der Waals surface area contributed by atoms with Gasteiger partial charge in [-0.25, -0.2) is 0 Å². The molecule has 1 aromatic rings. The first-order valence-corrected chi connectivity index (χ1v) is 6.30. The van der Waals surface area contributed by atoms with Crippen molar-refractivity contribution >= 4 is 5.91 Å². The summed E-state index contributed by atoms with van der Waals surface area (Å²) >= 11 is 0. The van der Waals surface area contributed by atoms with Crippen molar-refractivity contribution in [1.29, 1.82) is 0 Å². The standard InChI is InChI=1S/C13H20N4O/c1-16-6-3-7-17(12(8-14)13(16)18)10-11-4-2-5-15-9-11/h2,4-5,9,12H,3,6-8,10,14H2,1H3. The van der Waals surface area contributed by atoms with Gasteiger partial charge in [0.2, 0.25) is 5.91 Å². The lowest BCUT2D eigenvalue weighted by Gasteiger charge is -2.28. The summed E-state index contributed by atoms with van der Waals surface area (Å²) in [5, 5.41) is 0. The lowest BCUT2D eigenvalue weighted by Crippen LogP contribution is -2.48. The van der Waals surface area contributed by atoms with Crippen molar-refractivity contribution in [2.75, 3.05) is 26.7 Å². The Balaban J connectivity index is 2.12. The van der Waals surface area contributed by atoms with Crippen molar-refractivity contribution in [1.82, 2.24) is 14.8 Å². The highest BCUT2D eigenvalue weighted by Gasteiger charge is 2.29. The highest BCUT2D eigenvalue weighted by atomic mass is 16.2. The van der Waals surface area contributed by atoms with Crippen molar-refractivity contribution in [2.24, 2.45) is 5.73 Å². The monoisotopic (exact) mass is 248 g/mol. The van der Waals surface area contributed by atoms with Crippen LogP contribution < -0.4 is 5.73 Å². The zero-order valence-electron chi connectivity index (χ0n) is 10.7. The van der Waals surface area contributed by atoms with Gasteiger partial charge in [0.05, 0.1) is 0 Å². The molecule has 1 aromatic heterocycles. The Labute approximate surface area is 108 Å². The molecule has 0 aliphatic carbocycles. The van der Waals surface area contributed by atoms with Crippen LogP contribution in [0.2, 0.25) is 0 Å². The minimum absolute atomic E-state index is 0.124. The minimum Gasteiger partial charge on any atom is -0.344 e. The van der Waals surface area contributed by atoms with Crippen LogP contribution in [0.1, 0.15) is 12.0 Å². The number of nitrogens with two attached hydrogens (primary N) is 1. The summed E-state index contributed by atoms with van der Waals surface area (Å²) in [5.41, 5.74) is 6.88. The second-order valence-corrected chi connectivity index (χ2v) is 4.70. The molecule has 0 aromatic carbocycles. The molecule has 1 unspecified atom stereocenters. The molecule has 18 heavy (non-hydrogen) atoms. The van der Waals surface area contributed by atoms with E-state index in [2.05, 4.69) is 9.88 Å². The lowest BCUT2D eigenvalue weighted by atomic mass is 10.2. The van der Waals surface area contributed by atoms with Gasteiger partial charge in [-0.2, -0.15) is 0 Å². The normalized spacial score (nSPS) is 22.0. The summed E-state index contributed by atoms with van der Waals surface area (Å²) in [4.78, 5) is 20.2. The zero-order valence-corrected chi connectivity index (χ0v) is 10.7. The largest absolute Gasteiger partial charge is 0.344 e. The number of aromatic nitrogens is 1. The van der Waals surface area contributed by atoms with Crippen molar-refractivity contribution in [2.45, 2.75) is 19.0 Å². The van der Waals surface area contributed by atoms with Gasteiger partial charge >= 0.3 is 0 Å². The Morgan fingerprint density at radius 3 is 3.00 bits per heavy atom. The van der Waals surface area contributed by atoms with Crippen LogP contribution in [0.15, 0.2) is 24.5 Å². The SMILES string of the molecule is CN1CCCN(Cc2cccnc2)C(CN)C1=O. The molecule has 0 spiro atoms. The van der Waals surface area contributed by atoms with E-state index in [4.69, 9.17) is 5.73 Å². The molecule has 1 atom stereocenters. The van der Waals surface area contributed by atoms with Crippen LogP contribution in [-0.4, -0.2) is 53.4 Å². The average molecular weight is 248 g/mol. The quantitative estimate of drug-likeness (QED) is 0.822. The number of carbonyl (C=O) groups excluding carboxylic acids is 1. The van der Waals surface area contributed by atoms with Crippen molar-refractivity contribution < 1.29 is 4.79 Å². The summed E-state index contributed by atoms with van der Waals surface area (Å²) < 4.78 is 0. The fraction of sp³-hybridized carbons (Fsp3) is 0.538. The van der Waals surface area contributed by atoms with Gasteiger partial charge in [0.15, 0.2) is 0 Å². The number of rotatable bonds is 3. The maximum absolute atomic E-state index is 12.2. The molecule has 98 valence electrons. The molecule has 0 saturated carbocycles. The van der Waals surface area contributed by atoms with Gasteiger partial charge in [0, 0.05) is 45.6 Å². The molecule has 1 aliphatic rings. The Morgan fingerprint density at radius 1 is 1.50 bits per heavy atom. The number of likely N-dealkylation sites (N-methyl/N-ethyl adjacent to an activating group) is 1. The van der Waals surface area contributed by atoms with E-state index in [1.165, 1.54) is 0 Å². The Kier molecular flexibility index (Phi) is 4.28. The summed E-state index contributed by atoms with van der Waals surface area (Å²) in [6.45, 7) is 2.80. The van der Waals surface area contributed by atoms with Crippen LogP contribution in [0, 0.1) is 0 Å². The van der Waals surface area contributed by atoms with E-state index in [1.54, 1.807) is 11.1 Å².